The Morgan fingerprint density at radius 3 is 2.44 bits per heavy atom. The molecule has 0 aromatic heterocycles. The largest absolute Gasteiger partial charge is 0.495 e. The van der Waals surface area contributed by atoms with E-state index in [1.807, 2.05) is 0 Å². The second-order valence-electron chi connectivity index (χ2n) is 7.26. The van der Waals surface area contributed by atoms with E-state index in [1.54, 1.807) is 29.6 Å². The molecule has 2 aliphatic rings. The van der Waals surface area contributed by atoms with Gasteiger partial charge < -0.3 is 15.4 Å². The van der Waals surface area contributed by atoms with Crippen molar-refractivity contribution in [2.75, 3.05) is 25.5 Å². The highest BCUT2D eigenvalue weighted by atomic mass is 32.2. The van der Waals surface area contributed by atoms with Crippen molar-refractivity contribution in [2.24, 2.45) is 0 Å². The SMILES string of the molecule is COc1ccc(S(=O)(=O)N2CCCCC2)cc1NC(=S)NC1CCCCC1. The number of ether oxygens (including phenoxy) is 1. The Balaban J connectivity index is 1.75. The van der Waals surface area contributed by atoms with Gasteiger partial charge in [-0.05, 0) is 56.1 Å². The lowest BCUT2D eigenvalue weighted by Gasteiger charge is -2.27. The van der Waals surface area contributed by atoms with Crippen LogP contribution in [0.3, 0.4) is 0 Å². The lowest BCUT2D eigenvalue weighted by molar-refractivity contribution is 0.346. The molecule has 0 bridgehead atoms. The summed E-state index contributed by atoms with van der Waals surface area (Å²) in [5.41, 5.74) is 0.573. The number of hydrogen-bond acceptors (Lipinski definition) is 4. The van der Waals surface area contributed by atoms with E-state index in [9.17, 15) is 8.42 Å². The van der Waals surface area contributed by atoms with E-state index in [1.165, 1.54) is 19.3 Å². The normalized spacial score (nSPS) is 19.4. The van der Waals surface area contributed by atoms with Crippen molar-refractivity contribution in [1.29, 1.82) is 0 Å². The first-order valence-corrected chi connectivity index (χ1v) is 11.6. The van der Waals surface area contributed by atoms with E-state index >= 15 is 0 Å². The van der Waals surface area contributed by atoms with Crippen molar-refractivity contribution in [3.63, 3.8) is 0 Å². The Bertz CT molecular complexity index is 755. The molecule has 0 unspecified atom stereocenters. The zero-order chi connectivity index (χ0) is 19.3. The summed E-state index contributed by atoms with van der Waals surface area (Å²) >= 11 is 5.45. The molecule has 0 spiro atoms. The van der Waals surface area contributed by atoms with E-state index in [-0.39, 0.29) is 4.90 Å². The molecule has 6 nitrogen and oxygen atoms in total. The fourth-order valence-corrected chi connectivity index (χ4v) is 5.61. The molecule has 8 heteroatoms. The average Bonchev–Trinajstić information content (AvgIpc) is 2.69. The van der Waals surface area contributed by atoms with Crippen LogP contribution < -0.4 is 15.4 Å². The third-order valence-electron chi connectivity index (χ3n) is 5.31. The van der Waals surface area contributed by atoms with Crippen molar-refractivity contribution in [3.05, 3.63) is 18.2 Å². The van der Waals surface area contributed by atoms with Crippen molar-refractivity contribution in [1.82, 2.24) is 9.62 Å². The van der Waals surface area contributed by atoms with Gasteiger partial charge >= 0.3 is 0 Å². The number of nitrogens with one attached hydrogen (secondary N) is 2. The highest BCUT2D eigenvalue weighted by Crippen LogP contribution is 2.30. The summed E-state index contributed by atoms with van der Waals surface area (Å²) in [7, 11) is -1.93. The number of anilines is 1. The quantitative estimate of drug-likeness (QED) is 0.723. The van der Waals surface area contributed by atoms with Gasteiger partial charge in [-0.3, -0.25) is 0 Å². The second-order valence-corrected chi connectivity index (χ2v) is 9.61. The molecule has 1 aliphatic heterocycles. The summed E-state index contributed by atoms with van der Waals surface area (Å²) in [4.78, 5) is 0.271. The van der Waals surface area contributed by atoms with Gasteiger partial charge in [-0.15, -0.1) is 0 Å². The van der Waals surface area contributed by atoms with E-state index in [2.05, 4.69) is 10.6 Å². The fraction of sp³-hybridized carbons (Fsp3) is 0.632. The minimum Gasteiger partial charge on any atom is -0.495 e. The molecule has 1 saturated carbocycles. The maximum Gasteiger partial charge on any atom is 0.243 e. The number of sulfonamides is 1. The van der Waals surface area contributed by atoms with Crippen molar-refractivity contribution >= 4 is 33.0 Å². The number of thiocarbonyl (C=S) groups is 1. The number of benzene rings is 1. The van der Waals surface area contributed by atoms with Crippen LogP contribution in [-0.2, 0) is 10.0 Å². The number of hydrogen-bond donors (Lipinski definition) is 2. The van der Waals surface area contributed by atoms with E-state index in [0.717, 1.165) is 32.1 Å². The maximum atomic E-state index is 13.0. The summed E-state index contributed by atoms with van der Waals surface area (Å²) in [6.45, 7) is 1.16. The molecule has 1 aromatic carbocycles. The third kappa shape index (κ3) is 5.12. The lowest BCUT2D eigenvalue weighted by Crippen LogP contribution is -2.39. The summed E-state index contributed by atoms with van der Waals surface area (Å²) < 4.78 is 32.9. The third-order valence-corrected chi connectivity index (χ3v) is 7.43. The zero-order valence-electron chi connectivity index (χ0n) is 15.9. The average molecular weight is 412 g/mol. The molecule has 1 heterocycles. The van der Waals surface area contributed by atoms with Crippen LogP contribution in [0.4, 0.5) is 5.69 Å². The van der Waals surface area contributed by atoms with Crippen molar-refractivity contribution in [2.45, 2.75) is 62.3 Å². The Kier molecular flexibility index (Phi) is 6.94. The fourth-order valence-electron chi connectivity index (χ4n) is 3.79. The molecule has 1 aliphatic carbocycles. The molecule has 0 radical (unpaired) electrons. The molecule has 3 rings (SSSR count). The first-order valence-electron chi connectivity index (χ1n) is 9.76. The zero-order valence-corrected chi connectivity index (χ0v) is 17.5. The van der Waals surface area contributed by atoms with Gasteiger partial charge in [0, 0.05) is 19.1 Å². The highest BCUT2D eigenvalue weighted by Gasteiger charge is 2.27. The van der Waals surface area contributed by atoms with Crippen molar-refractivity contribution in [3.8, 4) is 5.75 Å². The number of methoxy groups -OCH3 is 1. The predicted molar refractivity (Wildman–Crippen MR) is 112 cm³/mol. The van der Waals surface area contributed by atoms with Gasteiger partial charge in [-0.1, -0.05) is 25.7 Å². The van der Waals surface area contributed by atoms with Gasteiger partial charge in [-0.25, -0.2) is 8.42 Å². The summed E-state index contributed by atoms with van der Waals surface area (Å²) in [6, 6.07) is 5.29. The Hall–Kier alpha value is -1.38. The maximum absolute atomic E-state index is 13.0. The molecule has 27 heavy (non-hydrogen) atoms. The van der Waals surface area contributed by atoms with Crippen LogP contribution in [0, 0.1) is 0 Å². The van der Waals surface area contributed by atoms with Gasteiger partial charge in [0.15, 0.2) is 5.11 Å². The summed E-state index contributed by atoms with van der Waals surface area (Å²) in [5, 5.41) is 6.99. The van der Waals surface area contributed by atoms with Gasteiger partial charge in [0.05, 0.1) is 17.7 Å². The van der Waals surface area contributed by atoms with Crippen molar-refractivity contribution < 1.29 is 13.2 Å². The summed E-state index contributed by atoms with van der Waals surface area (Å²) in [5.74, 6) is 0.570. The molecular formula is C19H29N3O3S2. The second kappa shape index (κ2) is 9.21. The van der Waals surface area contributed by atoms with Crippen LogP contribution in [0.5, 0.6) is 5.75 Å². The molecule has 2 fully saturated rings. The highest BCUT2D eigenvalue weighted by molar-refractivity contribution is 7.89. The van der Waals surface area contributed by atoms with E-state index in [0.29, 0.717) is 35.7 Å². The van der Waals surface area contributed by atoms with Crippen LogP contribution in [-0.4, -0.2) is 44.1 Å². The number of piperidine rings is 1. The Labute approximate surface area is 167 Å². The number of nitrogens with zero attached hydrogens (tertiary/aromatic N) is 1. The molecule has 2 N–H and O–H groups in total. The van der Waals surface area contributed by atoms with E-state index < -0.39 is 10.0 Å². The Morgan fingerprint density at radius 2 is 1.78 bits per heavy atom. The Morgan fingerprint density at radius 1 is 1.11 bits per heavy atom. The molecule has 0 atom stereocenters. The molecule has 1 aromatic rings. The van der Waals surface area contributed by atoms with Crippen LogP contribution in [0.1, 0.15) is 51.4 Å². The monoisotopic (exact) mass is 411 g/mol. The first kappa shape index (κ1) is 20.4. The minimum atomic E-state index is -3.50. The topological polar surface area (TPSA) is 70.7 Å². The molecular weight excluding hydrogens is 382 g/mol. The van der Waals surface area contributed by atoms with E-state index in [4.69, 9.17) is 17.0 Å². The van der Waals surface area contributed by atoms with Crippen LogP contribution >= 0.6 is 12.2 Å². The number of rotatable bonds is 5. The standard InChI is InChI=1S/C19H29N3O3S2/c1-25-18-11-10-16(27(23,24)22-12-6-3-7-13-22)14-17(18)21-19(26)20-15-8-4-2-5-9-15/h10-11,14-15H,2-9,12-13H2,1H3,(H2,20,21,26). The van der Waals surface area contributed by atoms with Gasteiger partial charge in [0.25, 0.3) is 0 Å². The van der Waals surface area contributed by atoms with Gasteiger partial charge in [0.2, 0.25) is 10.0 Å². The summed E-state index contributed by atoms with van der Waals surface area (Å²) in [6.07, 6.45) is 8.85. The predicted octanol–water partition coefficient (Wildman–Crippen LogP) is 3.49. The minimum absolute atomic E-state index is 0.271. The molecule has 0 amide bonds. The smallest absolute Gasteiger partial charge is 0.243 e. The molecule has 1 saturated heterocycles. The van der Waals surface area contributed by atoms with Crippen LogP contribution in [0.15, 0.2) is 23.1 Å². The first-order chi connectivity index (χ1) is 13.0. The van der Waals surface area contributed by atoms with Gasteiger partial charge in [0.1, 0.15) is 5.75 Å². The molecule has 150 valence electrons. The van der Waals surface area contributed by atoms with Crippen LogP contribution in [0.25, 0.3) is 0 Å². The lowest BCUT2D eigenvalue weighted by atomic mass is 9.96. The van der Waals surface area contributed by atoms with Gasteiger partial charge in [-0.2, -0.15) is 4.31 Å². The van der Waals surface area contributed by atoms with Crippen LogP contribution in [0.2, 0.25) is 0 Å².